The zero-order valence-corrected chi connectivity index (χ0v) is 16.6. The van der Waals surface area contributed by atoms with E-state index in [1.807, 2.05) is 17.5 Å². The number of amides is 3. The van der Waals surface area contributed by atoms with E-state index in [9.17, 15) is 14.4 Å². The van der Waals surface area contributed by atoms with Crippen molar-refractivity contribution in [1.29, 1.82) is 0 Å². The number of oxazole rings is 1. The number of carbonyl (C=O) groups excluding carboxylic acids is 3. The Balaban J connectivity index is 1.51. The first-order valence-electron chi connectivity index (χ1n) is 8.79. The number of aryl methyl sites for hydroxylation is 1. The molecule has 0 aliphatic carbocycles. The van der Waals surface area contributed by atoms with Gasteiger partial charge in [-0.3, -0.25) is 14.9 Å². The zero-order valence-electron chi connectivity index (χ0n) is 15.8. The molecule has 0 aliphatic heterocycles. The third-order valence-corrected chi connectivity index (χ3v) is 4.74. The minimum absolute atomic E-state index is 0.144. The molecule has 150 valence electrons. The van der Waals surface area contributed by atoms with Crippen LogP contribution in [0.2, 0.25) is 0 Å². The lowest BCUT2D eigenvalue weighted by atomic mass is 10.2. The summed E-state index contributed by atoms with van der Waals surface area (Å²) in [5, 5.41) is 6.54. The van der Waals surface area contributed by atoms with Gasteiger partial charge in [0, 0.05) is 5.69 Å². The number of nitrogens with one attached hydrogen (secondary N) is 2. The number of nitrogens with zero attached hydrogens (tertiary/aromatic N) is 1. The van der Waals surface area contributed by atoms with Gasteiger partial charge in [0.2, 0.25) is 5.89 Å². The highest BCUT2D eigenvalue weighted by Crippen LogP contribution is 2.26. The Morgan fingerprint density at radius 3 is 2.62 bits per heavy atom. The van der Waals surface area contributed by atoms with E-state index in [1.54, 1.807) is 37.3 Å². The van der Waals surface area contributed by atoms with Gasteiger partial charge in [-0.2, -0.15) is 0 Å². The molecule has 1 unspecified atom stereocenters. The van der Waals surface area contributed by atoms with Gasteiger partial charge in [-0.1, -0.05) is 24.3 Å². The molecule has 2 aromatic heterocycles. The highest BCUT2D eigenvalue weighted by atomic mass is 32.1. The summed E-state index contributed by atoms with van der Waals surface area (Å²) in [7, 11) is 0. The lowest BCUT2D eigenvalue weighted by molar-refractivity contribution is -0.153. The van der Waals surface area contributed by atoms with Gasteiger partial charge >= 0.3 is 12.0 Å². The first kappa shape index (κ1) is 20.3. The van der Waals surface area contributed by atoms with E-state index in [2.05, 4.69) is 15.6 Å². The van der Waals surface area contributed by atoms with Crippen LogP contribution in [0, 0.1) is 6.92 Å². The second-order valence-electron chi connectivity index (χ2n) is 6.12. The second-order valence-corrected chi connectivity index (χ2v) is 7.07. The van der Waals surface area contributed by atoms with Gasteiger partial charge < -0.3 is 14.5 Å². The molecule has 3 rings (SSSR count). The number of imide groups is 1. The highest BCUT2D eigenvalue weighted by molar-refractivity contribution is 7.13. The Labute approximate surface area is 170 Å². The summed E-state index contributed by atoms with van der Waals surface area (Å²) in [5.41, 5.74) is 0.971. The highest BCUT2D eigenvalue weighted by Gasteiger charge is 2.22. The minimum Gasteiger partial charge on any atom is -0.452 e. The molecule has 0 spiro atoms. The molecule has 1 atom stereocenters. The van der Waals surface area contributed by atoms with Gasteiger partial charge in [0.1, 0.15) is 5.76 Å². The quantitative estimate of drug-likeness (QED) is 0.598. The Kier molecular flexibility index (Phi) is 6.40. The van der Waals surface area contributed by atoms with Crippen molar-refractivity contribution in [3.63, 3.8) is 0 Å². The largest absolute Gasteiger partial charge is 0.452 e. The van der Waals surface area contributed by atoms with E-state index in [1.165, 1.54) is 18.3 Å². The smallest absolute Gasteiger partial charge is 0.325 e. The van der Waals surface area contributed by atoms with Crippen molar-refractivity contribution >= 4 is 34.9 Å². The zero-order chi connectivity index (χ0) is 20.8. The predicted molar refractivity (Wildman–Crippen MR) is 107 cm³/mol. The molecule has 0 saturated heterocycles. The number of carbonyl (C=O) groups is 3. The van der Waals surface area contributed by atoms with Crippen LogP contribution in [0.5, 0.6) is 0 Å². The first-order valence-corrected chi connectivity index (χ1v) is 9.67. The van der Waals surface area contributed by atoms with E-state index in [-0.39, 0.29) is 6.42 Å². The summed E-state index contributed by atoms with van der Waals surface area (Å²) < 4.78 is 10.7. The van der Waals surface area contributed by atoms with Gasteiger partial charge in [-0.25, -0.2) is 9.78 Å². The molecule has 2 N–H and O–H groups in total. The lowest BCUT2D eigenvalue weighted by Gasteiger charge is -2.13. The average molecular weight is 413 g/mol. The third kappa shape index (κ3) is 5.52. The van der Waals surface area contributed by atoms with Crippen LogP contribution in [0.25, 0.3) is 10.8 Å². The fourth-order valence-electron chi connectivity index (χ4n) is 2.42. The van der Waals surface area contributed by atoms with Crippen molar-refractivity contribution in [3.05, 3.63) is 59.3 Å². The summed E-state index contributed by atoms with van der Waals surface area (Å²) in [6.45, 7) is 3.09. The van der Waals surface area contributed by atoms with Crippen LogP contribution in [0.4, 0.5) is 10.5 Å². The molecular formula is C20H19N3O5S. The summed E-state index contributed by atoms with van der Waals surface area (Å²) in [4.78, 5) is 41.3. The molecule has 2 heterocycles. The molecule has 0 aliphatic rings. The number of anilines is 1. The van der Waals surface area contributed by atoms with Crippen LogP contribution >= 0.6 is 11.3 Å². The number of thiophene rings is 1. The van der Waals surface area contributed by atoms with E-state index < -0.39 is 24.0 Å². The van der Waals surface area contributed by atoms with Crippen molar-refractivity contribution in [3.8, 4) is 10.8 Å². The van der Waals surface area contributed by atoms with Crippen LogP contribution < -0.4 is 10.6 Å². The van der Waals surface area contributed by atoms with Crippen LogP contribution in [0.3, 0.4) is 0 Å². The predicted octanol–water partition coefficient (Wildman–Crippen LogP) is 3.53. The number of ether oxygens (including phenoxy) is 1. The number of urea groups is 1. The van der Waals surface area contributed by atoms with Gasteiger partial charge in [0.15, 0.2) is 6.10 Å². The lowest BCUT2D eigenvalue weighted by Crippen LogP contribution is -2.41. The Bertz CT molecular complexity index is 999. The Morgan fingerprint density at radius 1 is 1.17 bits per heavy atom. The molecule has 1 aromatic carbocycles. The van der Waals surface area contributed by atoms with Crippen LogP contribution in [0.15, 0.2) is 52.3 Å². The van der Waals surface area contributed by atoms with E-state index in [0.29, 0.717) is 23.0 Å². The van der Waals surface area contributed by atoms with Crippen molar-refractivity contribution in [2.24, 2.45) is 0 Å². The SMILES string of the molecule is Cc1oc(-c2cccs2)nc1CC(=O)OC(C)C(=O)NC(=O)Nc1ccccc1. The van der Waals surface area contributed by atoms with Crippen LogP contribution in [0.1, 0.15) is 18.4 Å². The molecule has 0 saturated carbocycles. The normalized spacial score (nSPS) is 11.5. The molecule has 0 fully saturated rings. The minimum atomic E-state index is -1.15. The number of rotatable bonds is 6. The topological polar surface area (TPSA) is 111 Å². The van der Waals surface area contributed by atoms with Crippen molar-refractivity contribution in [1.82, 2.24) is 10.3 Å². The molecular weight excluding hydrogens is 394 g/mol. The number of esters is 1. The number of hydrogen-bond acceptors (Lipinski definition) is 7. The molecule has 0 bridgehead atoms. The van der Waals surface area contributed by atoms with Crippen molar-refractivity contribution in [2.75, 3.05) is 5.32 Å². The fraction of sp³-hybridized carbons (Fsp3) is 0.200. The summed E-state index contributed by atoms with van der Waals surface area (Å²) in [6, 6.07) is 11.7. The monoisotopic (exact) mass is 413 g/mol. The third-order valence-electron chi connectivity index (χ3n) is 3.88. The molecule has 0 radical (unpaired) electrons. The number of benzene rings is 1. The molecule has 3 aromatic rings. The van der Waals surface area contributed by atoms with Crippen molar-refractivity contribution < 1.29 is 23.5 Å². The molecule has 29 heavy (non-hydrogen) atoms. The number of aromatic nitrogens is 1. The van der Waals surface area contributed by atoms with Gasteiger partial charge in [-0.05, 0) is 37.4 Å². The summed E-state index contributed by atoms with van der Waals surface area (Å²) in [5.74, 6) is -0.443. The average Bonchev–Trinajstić information content (AvgIpc) is 3.32. The number of para-hydroxylation sites is 1. The summed E-state index contributed by atoms with van der Waals surface area (Å²) in [6.07, 6.45) is -1.29. The molecule has 3 amide bonds. The van der Waals surface area contributed by atoms with Crippen LogP contribution in [-0.4, -0.2) is 29.0 Å². The second kappa shape index (κ2) is 9.16. The van der Waals surface area contributed by atoms with E-state index in [0.717, 1.165) is 4.88 Å². The van der Waals surface area contributed by atoms with E-state index >= 15 is 0 Å². The standard InChI is InChI=1S/C20H19N3O5S/c1-12-15(22-19(28-12)16-9-6-10-29-16)11-17(24)27-13(2)18(25)23-20(26)21-14-7-4-3-5-8-14/h3-10,13H,11H2,1-2H3,(H2,21,23,25,26). The van der Waals surface area contributed by atoms with Crippen LogP contribution in [-0.2, 0) is 20.7 Å². The van der Waals surface area contributed by atoms with Gasteiger partial charge in [0.05, 0.1) is 17.0 Å². The number of hydrogen-bond donors (Lipinski definition) is 2. The van der Waals surface area contributed by atoms with Gasteiger partial charge in [0.25, 0.3) is 5.91 Å². The maximum Gasteiger partial charge on any atom is 0.325 e. The fourth-order valence-corrected chi connectivity index (χ4v) is 3.07. The van der Waals surface area contributed by atoms with Crippen molar-refractivity contribution in [2.45, 2.75) is 26.4 Å². The van der Waals surface area contributed by atoms with E-state index in [4.69, 9.17) is 9.15 Å². The maximum absolute atomic E-state index is 12.2. The van der Waals surface area contributed by atoms with Gasteiger partial charge in [-0.15, -0.1) is 11.3 Å². The first-order chi connectivity index (χ1) is 13.9. The summed E-state index contributed by atoms with van der Waals surface area (Å²) >= 11 is 1.47. The Morgan fingerprint density at radius 2 is 1.93 bits per heavy atom. The maximum atomic E-state index is 12.2. The Hall–Kier alpha value is -3.46. The molecule has 8 nitrogen and oxygen atoms in total. The molecule has 9 heteroatoms.